The second kappa shape index (κ2) is 12.9. The van der Waals surface area contributed by atoms with E-state index < -0.39 is 24.0 Å². The van der Waals surface area contributed by atoms with Crippen molar-refractivity contribution in [3.05, 3.63) is 72.1 Å². The zero-order valence-corrected chi connectivity index (χ0v) is 23.9. The van der Waals surface area contributed by atoms with Crippen LogP contribution in [-0.4, -0.2) is 45.7 Å². The first-order chi connectivity index (χ1) is 20.2. The molecule has 218 valence electrons. The number of aliphatic carboxylic acids is 1. The Morgan fingerprint density at radius 3 is 2.64 bits per heavy atom. The van der Waals surface area contributed by atoms with Gasteiger partial charge in [-0.15, -0.1) is 0 Å². The highest BCUT2D eigenvalue weighted by atomic mass is 32.1. The number of pyridine rings is 1. The lowest BCUT2D eigenvalue weighted by atomic mass is 9.99. The molecule has 4 aromatic rings. The summed E-state index contributed by atoms with van der Waals surface area (Å²) >= 11 is 1.47. The molecule has 4 N–H and O–H groups in total. The van der Waals surface area contributed by atoms with Gasteiger partial charge in [0.05, 0.1) is 41.0 Å². The molecule has 0 saturated carbocycles. The molecule has 0 saturated heterocycles. The van der Waals surface area contributed by atoms with Gasteiger partial charge in [0.1, 0.15) is 6.04 Å². The van der Waals surface area contributed by atoms with Crippen molar-refractivity contribution in [2.45, 2.75) is 45.2 Å². The first-order valence-corrected chi connectivity index (χ1v) is 14.3. The summed E-state index contributed by atoms with van der Waals surface area (Å²) in [6, 6.07) is 12.7. The van der Waals surface area contributed by atoms with Gasteiger partial charge in [0.15, 0.2) is 16.6 Å². The van der Waals surface area contributed by atoms with Crippen molar-refractivity contribution in [2.24, 2.45) is 5.92 Å². The number of hydrogen-bond acceptors (Lipinski definition) is 9. The zero-order chi connectivity index (χ0) is 29.6. The topological polar surface area (TPSA) is 152 Å². The van der Waals surface area contributed by atoms with E-state index in [1.54, 1.807) is 30.6 Å². The maximum Gasteiger partial charge on any atom is 0.305 e. The molecule has 0 aliphatic carbocycles. The molecule has 11 nitrogen and oxygen atoms in total. The fraction of sp³-hybridized carbons (Fsp3) is 0.300. The first kappa shape index (κ1) is 28.8. The molecular formula is C30H31N5O6S. The molecule has 42 heavy (non-hydrogen) atoms. The van der Waals surface area contributed by atoms with Gasteiger partial charge in [0, 0.05) is 6.20 Å². The van der Waals surface area contributed by atoms with E-state index in [2.05, 4.69) is 25.9 Å². The van der Waals surface area contributed by atoms with Crippen LogP contribution < -0.4 is 25.4 Å². The second-order valence-electron chi connectivity index (χ2n) is 10.4. The number of carbonyl (C=O) groups excluding carboxylic acids is 2. The van der Waals surface area contributed by atoms with E-state index in [9.17, 15) is 19.5 Å². The summed E-state index contributed by atoms with van der Waals surface area (Å²) in [6.07, 6.45) is 3.53. The van der Waals surface area contributed by atoms with Gasteiger partial charge < -0.3 is 30.5 Å². The minimum absolute atomic E-state index is 0.0712. The van der Waals surface area contributed by atoms with Crippen LogP contribution in [-0.2, 0) is 20.8 Å². The van der Waals surface area contributed by atoms with Gasteiger partial charge in [-0.1, -0.05) is 37.3 Å². The third-order valence-corrected chi connectivity index (χ3v) is 7.52. The Hall–Kier alpha value is -4.71. The molecule has 2 aromatic carbocycles. The Kier molecular flexibility index (Phi) is 8.82. The van der Waals surface area contributed by atoms with Crippen molar-refractivity contribution < 1.29 is 29.0 Å². The van der Waals surface area contributed by atoms with Crippen molar-refractivity contribution in [2.75, 3.05) is 12.1 Å². The third-order valence-electron chi connectivity index (χ3n) is 6.58. The number of fused-ring (bicyclic) bond motifs is 2. The first-order valence-electron chi connectivity index (χ1n) is 13.5. The van der Waals surface area contributed by atoms with Gasteiger partial charge in [-0.3, -0.25) is 19.4 Å². The number of rotatable bonds is 12. The third kappa shape index (κ3) is 7.32. The lowest BCUT2D eigenvalue weighted by Crippen LogP contribution is -2.49. The number of anilines is 2. The number of amides is 2. The van der Waals surface area contributed by atoms with E-state index in [-0.39, 0.29) is 31.5 Å². The van der Waals surface area contributed by atoms with Gasteiger partial charge in [-0.25, -0.2) is 4.98 Å². The lowest BCUT2D eigenvalue weighted by Gasteiger charge is -2.24. The fourth-order valence-electron chi connectivity index (χ4n) is 4.66. The number of carboxylic acid groups (broad SMARTS) is 1. The van der Waals surface area contributed by atoms with Crippen molar-refractivity contribution >= 4 is 50.2 Å². The molecular weight excluding hydrogens is 558 g/mol. The van der Waals surface area contributed by atoms with Crippen LogP contribution in [0, 0.1) is 5.92 Å². The van der Waals surface area contributed by atoms with Crippen molar-refractivity contribution in [3.63, 3.8) is 0 Å². The van der Waals surface area contributed by atoms with Crippen LogP contribution in [0.1, 0.15) is 43.9 Å². The highest BCUT2D eigenvalue weighted by Crippen LogP contribution is 2.35. The molecule has 0 bridgehead atoms. The molecule has 2 atom stereocenters. The second-order valence-corrected chi connectivity index (χ2v) is 11.4. The van der Waals surface area contributed by atoms with E-state index in [4.69, 9.17) is 9.47 Å². The summed E-state index contributed by atoms with van der Waals surface area (Å²) in [5, 5.41) is 19.1. The number of hydrogen-bond donors (Lipinski definition) is 4. The molecule has 0 radical (unpaired) electrons. The molecule has 0 spiro atoms. The highest BCUT2D eigenvalue weighted by Gasteiger charge is 2.27. The molecule has 3 heterocycles. The number of thiazole rings is 1. The largest absolute Gasteiger partial charge is 0.481 e. The Labute approximate surface area is 246 Å². The number of nitrogens with one attached hydrogen (secondary N) is 3. The lowest BCUT2D eigenvalue weighted by molar-refractivity contribution is -0.138. The smallest absolute Gasteiger partial charge is 0.305 e. The summed E-state index contributed by atoms with van der Waals surface area (Å²) < 4.78 is 11.7. The van der Waals surface area contributed by atoms with Crippen LogP contribution in [0.25, 0.3) is 10.2 Å². The fourth-order valence-corrected chi connectivity index (χ4v) is 5.61. The molecule has 2 aromatic heterocycles. The predicted octanol–water partition coefficient (Wildman–Crippen LogP) is 4.57. The van der Waals surface area contributed by atoms with Crippen molar-refractivity contribution in [1.82, 2.24) is 20.6 Å². The average Bonchev–Trinajstić information content (AvgIpc) is 3.58. The normalized spacial score (nSPS) is 13.5. The molecule has 5 rings (SSSR count). The van der Waals surface area contributed by atoms with Crippen LogP contribution in [0.4, 0.5) is 10.8 Å². The Morgan fingerprint density at radius 1 is 1.05 bits per heavy atom. The summed E-state index contributed by atoms with van der Waals surface area (Å²) in [5.74, 6) is -0.691. The number of carbonyl (C=O) groups is 3. The van der Waals surface area contributed by atoms with Crippen LogP contribution in [0.3, 0.4) is 0 Å². The molecule has 0 unspecified atom stereocenters. The van der Waals surface area contributed by atoms with Gasteiger partial charge in [-0.05, 0) is 59.9 Å². The molecule has 1 aliphatic heterocycles. The molecule has 2 amide bonds. The highest BCUT2D eigenvalue weighted by molar-refractivity contribution is 7.22. The minimum Gasteiger partial charge on any atom is -0.481 e. The van der Waals surface area contributed by atoms with Gasteiger partial charge in [0.2, 0.25) is 18.6 Å². The molecule has 12 heteroatoms. The van der Waals surface area contributed by atoms with E-state index in [1.807, 2.05) is 44.2 Å². The molecule has 1 aliphatic rings. The maximum absolute atomic E-state index is 13.4. The maximum atomic E-state index is 13.4. The number of aromatic nitrogens is 2. The Morgan fingerprint density at radius 2 is 1.88 bits per heavy atom. The van der Waals surface area contributed by atoms with Crippen LogP contribution >= 0.6 is 11.3 Å². The van der Waals surface area contributed by atoms with Crippen LogP contribution in [0.2, 0.25) is 0 Å². The van der Waals surface area contributed by atoms with Crippen LogP contribution in [0.5, 0.6) is 11.5 Å². The van der Waals surface area contributed by atoms with E-state index >= 15 is 0 Å². The summed E-state index contributed by atoms with van der Waals surface area (Å²) in [6.45, 7) is 3.98. The predicted molar refractivity (Wildman–Crippen MR) is 158 cm³/mol. The number of nitrogens with zero attached hydrogens (tertiary/aromatic N) is 2. The summed E-state index contributed by atoms with van der Waals surface area (Å²) in [5.41, 5.74) is 2.99. The number of carboxylic acids is 1. The number of ether oxygens (including phenoxy) is 2. The number of benzene rings is 2. The SMILES string of the molecule is CC(C)C[C@H](NC(=O)Cc1ccc2nc(Nc3cccnc3)sc2c1)C(=O)N[C@@H](CC(=O)O)c1ccc2c(c1)OCO2. The van der Waals surface area contributed by atoms with E-state index in [0.29, 0.717) is 28.6 Å². The summed E-state index contributed by atoms with van der Waals surface area (Å²) in [4.78, 5) is 46.8. The van der Waals surface area contributed by atoms with Gasteiger partial charge in [-0.2, -0.15) is 0 Å². The van der Waals surface area contributed by atoms with E-state index in [1.165, 1.54) is 11.3 Å². The quantitative estimate of drug-likeness (QED) is 0.186. The zero-order valence-electron chi connectivity index (χ0n) is 23.1. The Bertz CT molecular complexity index is 1590. The average molecular weight is 590 g/mol. The van der Waals surface area contributed by atoms with Crippen LogP contribution in [0.15, 0.2) is 60.9 Å². The van der Waals surface area contributed by atoms with E-state index in [0.717, 1.165) is 21.5 Å². The Balaban J connectivity index is 1.26. The van der Waals surface area contributed by atoms with Gasteiger partial charge >= 0.3 is 5.97 Å². The minimum atomic E-state index is -1.07. The monoisotopic (exact) mass is 589 g/mol. The van der Waals surface area contributed by atoms with Gasteiger partial charge in [0.25, 0.3) is 0 Å². The standard InChI is InChI=1S/C30H31N5O6S/c1-17(2)10-23(29(39)34-22(14-28(37)38)19-6-8-24-25(13-19)41-16-40-24)33-27(36)12-18-5-7-21-26(11-18)42-30(35-21)32-20-4-3-9-31-15-20/h3-9,11,13,15,17,22-23H,10,12,14,16H2,1-2H3,(H,32,35)(H,33,36)(H,34,39)(H,37,38)/t22-,23-/m0/s1. The van der Waals surface area contributed by atoms with Crippen molar-refractivity contribution in [3.8, 4) is 11.5 Å². The van der Waals surface area contributed by atoms with Crippen molar-refractivity contribution in [1.29, 1.82) is 0 Å². The molecule has 0 fully saturated rings. The summed E-state index contributed by atoms with van der Waals surface area (Å²) in [7, 11) is 0.